The van der Waals surface area contributed by atoms with Gasteiger partial charge in [0.2, 0.25) is 0 Å². The minimum absolute atomic E-state index is 0.260. The predicted molar refractivity (Wildman–Crippen MR) is 73.0 cm³/mol. The highest BCUT2D eigenvalue weighted by molar-refractivity contribution is 14.1. The summed E-state index contributed by atoms with van der Waals surface area (Å²) in [6.45, 7) is 6.80. The zero-order chi connectivity index (χ0) is 10.1. The molecule has 0 aliphatic rings. The molecule has 1 rings (SSSR count). The molecule has 1 aromatic rings. The van der Waals surface area contributed by atoms with Crippen LogP contribution in [0.15, 0.2) is 12.4 Å². The first kappa shape index (κ1) is 11.7. The Morgan fingerprint density at radius 2 is 1.69 bits per heavy atom. The van der Waals surface area contributed by atoms with Crippen LogP contribution in [-0.2, 0) is 5.41 Å². The van der Waals surface area contributed by atoms with Gasteiger partial charge in [-0.15, -0.1) is 0 Å². The van der Waals surface area contributed by atoms with Crippen molar-refractivity contribution in [3.63, 3.8) is 0 Å². The van der Waals surface area contributed by atoms with Crippen molar-refractivity contribution in [3.05, 3.63) is 25.1 Å². The van der Waals surface area contributed by atoms with E-state index in [0.717, 1.165) is 6.42 Å². The van der Waals surface area contributed by atoms with E-state index in [2.05, 4.69) is 70.9 Å². The molecule has 3 heteroatoms. The molecule has 0 atom stereocenters. The highest BCUT2D eigenvalue weighted by atomic mass is 127. The van der Waals surface area contributed by atoms with E-state index in [1.54, 1.807) is 0 Å². The largest absolute Gasteiger partial charge is 0.263 e. The van der Waals surface area contributed by atoms with Crippen molar-refractivity contribution in [2.24, 2.45) is 0 Å². The van der Waals surface area contributed by atoms with Crippen molar-refractivity contribution >= 4 is 45.2 Å². The van der Waals surface area contributed by atoms with Gasteiger partial charge in [0, 0.05) is 19.5 Å². The lowest BCUT2D eigenvalue weighted by Gasteiger charge is -2.25. The number of hydrogen-bond acceptors (Lipinski definition) is 1. The lowest BCUT2D eigenvalue weighted by Crippen LogP contribution is -2.19. The zero-order valence-corrected chi connectivity index (χ0v) is 12.4. The minimum atomic E-state index is 0.260. The molecular weight excluding hydrogens is 388 g/mol. The van der Waals surface area contributed by atoms with Crippen LogP contribution in [0.1, 0.15) is 32.8 Å². The fraction of sp³-hybridized carbons (Fsp3) is 0.500. The molecule has 0 saturated heterocycles. The molecule has 72 valence electrons. The topological polar surface area (TPSA) is 12.9 Å². The van der Waals surface area contributed by atoms with Gasteiger partial charge >= 0.3 is 0 Å². The number of pyridine rings is 1. The summed E-state index contributed by atoms with van der Waals surface area (Å²) >= 11 is 4.73. The van der Waals surface area contributed by atoms with Crippen LogP contribution < -0.4 is 0 Å². The second-order valence-corrected chi connectivity index (χ2v) is 6.04. The summed E-state index contributed by atoms with van der Waals surface area (Å²) in [7, 11) is 0. The Hall–Kier alpha value is 0.610. The Morgan fingerprint density at radius 1 is 1.23 bits per heavy atom. The van der Waals surface area contributed by atoms with Crippen LogP contribution in [-0.4, -0.2) is 4.98 Å². The number of hydrogen-bond donors (Lipinski definition) is 0. The van der Waals surface area contributed by atoms with Crippen molar-refractivity contribution in [2.45, 2.75) is 32.6 Å². The van der Waals surface area contributed by atoms with Gasteiger partial charge in [0.15, 0.2) is 0 Å². The van der Waals surface area contributed by atoms with E-state index in [-0.39, 0.29) is 5.41 Å². The van der Waals surface area contributed by atoms with Crippen LogP contribution in [0, 0.1) is 7.14 Å². The Labute approximate surface area is 107 Å². The number of halogens is 2. The minimum Gasteiger partial charge on any atom is -0.263 e. The van der Waals surface area contributed by atoms with Crippen molar-refractivity contribution in [3.8, 4) is 0 Å². The van der Waals surface area contributed by atoms with Crippen molar-refractivity contribution in [1.82, 2.24) is 4.98 Å². The molecule has 1 nitrogen and oxygen atoms in total. The van der Waals surface area contributed by atoms with Crippen LogP contribution in [0.4, 0.5) is 0 Å². The molecule has 0 spiro atoms. The van der Waals surface area contributed by atoms with E-state index in [1.165, 1.54) is 12.7 Å². The second kappa shape index (κ2) is 4.42. The van der Waals surface area contributed by atoms with Crippen molar-refractivity contribution in [2.75, 3.05) is 0 Å². The van der Waals surface area contributed by atoms with Gasteiger partial charge in [0.1, 0.15) is 0 Å². The summed E-state index contributed by atoms with van der Waals surface area (Å²) in [5.41, 5.74) is 1.70. The molecular formula is C10H13I2N. The highest BCUT2D eigenvalue weighted by Gasteiger charge is 2.23. The van der Waals surface area contributed by atoms with Gasteiger partial charge < -0.3 is 0 Å². The molecule has 0 aliphatic heterocycles. The van der Waals surface area contributed by atoms with Crippen LogP contribution in [0.2, 0.25) is 0 Å². The van der Waals surface area contributed by atoms with Gasteiger partial charge in [-0.1, -0.05) is 20.8 Å². The van der Waals surface area contributed by atoms with E-state index in [1.807, 2.05) is 12.4 Å². The molecule has 0 aliphatic carbocycles. The monoisotopic (exact) mass is 401 g/mol. The maximum Gasteiger partial charge on any atom is 0.0405 e. The summed E-state index contributed by atoms with van der Waals surface area (Å²) in [4.78, 5) is 4.18. The lowest BCUT2D eigenvalue weighted by atomic mass is 9.83. The summed E-state index contributed by atoms with van der Waals surface area (Å²) in [5, 5.41) is 0. The fourth-order valence-corrected chi connectivity index (χ4v) is 4.11. The molecule has 0 N–H and O–H groups in total. The van der Waals surface area contributed by atoms with Crippen molar-refractivity contribution in [1.29, 1.82) is 0 Å². The Kier molecular flexibility index (Phi) is 3.97. The molecule has 0 aromatic carbocycles. The first-order valence-electron chi connectivity index (χ1n) is 4.28. The third-order valence-corrected chi connectivity index (χ3v) is 4.05. The maximum absolute atomic E-state index is 4.18. The number of aromatic nitrogens is 1. The highest BCUT2D eigenvalue weighted by Crippen LogP contribution is 2.33. The Balaban J connectivity index is 3.28. The summed E-state index contributed by atoms with van der Waals surface area (Å²) in [6.07, 6.45) is 5.04. The molecule has 0 fully saturated rings. The average Bonchev–Trinajstić information content (AvgIpc) is 2.03. The first-order valence-corrected chi connectivity index (χ1v) is 6.44. The van der Waals surface area contributed by atoms with E-state index >= 15 is 0 Å². The molecule has 0 amide bonds. The van der Waals surface area contributed by atoms with Crippen molar-refractivity contribution < 1.29 is 0 Å². The molecule has 13 heavy (non-hydrogen) atoms. The zero-order valence-electron chi connectivity index (χ0n) is 8.06. The van der Waals surface area contributed by atoms with E-state index in [9.17, 15) is 0 Å². The smallest absolute Gasteiger partial charge is 0.0405 e. The third-order valence-electron chi connectivity index (χ3n) is 2.41. The molecule has 0 radical (unpaired) electrons. The van der Waals surface area contributed by atoms with Gasteiger partial charge in [-0.2, -0.15) is 0 Å². The molecule has 1 aromatic heterocycles. The molecule has 0 unspecified atom stereocenters. The van der Waals surface area contributed by atoms with Crippen LogP contribution in [0.3, 0.4) is 0 Å². The normalized spacial score (nSPS) is 11.8. The molecule has 0 saturated carbocycles. The second-order valence-electron chi connectivity index (χ2n) is 3.72. The van der Waals surface area contributed by atoms with Gasteiger partial charge in [-0.25, -0.2) is 0 Å². The standard InChI is InChI=1S/C10H13I2N/c1-4-10(2,3)9-7(11)5-13-6-8(9)12/h5-6H,4H2,1-3H3. The number of rotatable bonds is 2. The summed E-state index contributed by atoms with van der Waals surface area (Å²) in [6, 6.07) is 0. The predicted octanol–water partition coefficient (Wildman–Crippen LogP) is 3.98. The van der Waals surface area contributed by atoms with E-state index in [0.29, 0.717) is 0 Å². The van der Waals surface area contributed by atoms with Crippen LogP contribution in [0.25, 0.3) is 0 Å². The SMILES string of the molecule is CCC(C)(C)c1c(I)cncc1I. The van der Waals surface area contributed by atoms with Gasteiger partial charge in [0.05, 0.1) is 0 Å². The first-order chi connectivity index (χ1) is 5.99. The van der Waals surface area contributed by atoms with Crippen LogP contribution >= 0.6 is 45.2 Å². The van der Waals surface area contributed by atoms with Gasteiger partial charge in [0.25, 0.3) is 0 Å². The maximum atomic E-state index is 4.18. The third kappa shape index (κ3) is 2.55. The molecule has 1 heterocycles. The fourth-order valence-electron chi connectivity index (χ4n) is 1.23. The van der Waals surface area contributed by atoms with E-state index in [4.69, 9.17) is 0 Å². The average molecular weight is 401 g/mol. The van der Waals surface area contributed by atoms with Gasteiger partial charge in [-0.05, 0) is 62.6 Å². The summed E-state index contributed by atoms with van der Waals surface area (Å²) in [5.74, 6) is 0. The number of nitrogens with zero attached hydrogens (tertiary/aromatic N) is 1. The molecule has 0 bridgehead atoms. The Bertz CT molecular complexity index is 288. The van der Waals surface area contributed by atoms with Crippen LogP contribution in [0.5, 0.6) is 0 Å². The van der Waals surface area contributed by atoms with E-state index < -0.39 is 0 Å². The lowest BCUT2D eigenvalue weighted by molar-refractivity contribution is 0.500. The summed E-state index contributed by atoms with van der Waals surface area (Å²) < 4.78 is 2.55. The Morgan fingerprint density at radius 3 is 2.08 bits per heavy atom. The quantitative estimate of drug-likeness (QED) is 0.684. The van der Waals surface area contributed by atoms with Gasteiger partial charge in [-0.3, -0.25) is 4.98 Å².